The third-order valence-corrected chi connectivity index (χ3v) is 3.44. The minimum Gasteiger partial charge on any atom is -0.545 e. The van der Waals surface area contributed by atoms with Crippen molar-refractivity contribution in [3.05, 3.63) is 48.6 Å². The molecular weight excluding hydrogens is 487 g/mol. The second kappa shape index (κ2) is 19.7. The molecular formula is C20H26N4O7Se. The summed E-state index contributed by atoms with van der Waals surface area (Å²) in [5.74, 6) is -3.55. The average molecular weight is 513 g/mol. The molecule has 2 rings (SSSR count). The van der Waals surface area contributed by atoms with E-state index in [1.807, 2.05) is 0 Å². The zero-order valence-electron chi connectivity index (χ0n) is 17.5. The van der Waals surface area contributed by atoms with Gasteiger partial charge in [0, 0.05) is 12.4 Å². The van der Waals surface area contributed by atoms with Crippen LogP contribution in [0.4, 0.5) is 0 Å². The molecule has 2 aromatic heterocycles. The van der Waals surface area contributed by atoms with Crippen molar-refractivity contribution in [1.82, 2.24) is 19.9 Å². The number of nitrogens with one attached hydrogen (secondary N) is 2. The number of hydrogen-bond acceptors (Lipinski definition) is 8. The second-order valence-corrected chi connectivity index (χ2v) is 6.00. The number of nitrogens with zero attached hydrogens (tertiary/aromatic N) is 2. The van der Waals surface area contributed by atoms with Crippen molar-refractivity contribution < 1.29 is 34.8 Å². The molecule has 4 radical (unpaired) electrons. The standard InChI is InChI=1S/C8H16O3.2C6H6N2O2.Se/c1-2-3-4-5-6-7(9)8(10)11;2*9-6(10)2-1-5-3-7-4-8-5;/h7,9H,2-6H2,1H3,(H,10,11);2*1-4H,(H,7,8)(H,9,10);/q;;;+2/p-2. The number of aliphatic hydroxyl groups excluding tert-OH is 1. The van der Waals surface area contributed by atoms with E-state index in [1.54, 1.807) is 12.4 Å². The Morgan fingerprint density at radius 1 is 0.969 bits per heavy atom. The first kappa shape index (κ1) is 31.0. The van der Waals surface area contributed by atoms with Crippen molar-refractivity contribution in [2.45, 2.75) is 45.1 Å². The molecule has 0 aromatic carbocycles. The summed E-state index contributed by atoms with van der Waals surface area (Å²) in [6.07, 6.45) is 14.0. The van der Waals surface area contributed by atoms with Crippen LogP contribution in [-0.2, 0) is 14.4 Å². The van der Waals surface area contributed by atoms with Gasteiger partial charge in [-0.25, -0.2) is 14.8 Å². The molecule has 0 aliphatic heterocycles. The van der Waals surface area contributed by atoms with Crippen LogP contribution in [0.5, 0.6) is 0 Å². The molecule has 4 N–H and O–H groups in total. The molecule has 12 heteroatoms. The van der Waals surface area contributed by atoms with Crippen LogP contribution < -0.4 is 10.2 Å². The van der Waals surface area contributed by atoms with Crippen LogP contribution >= 0.6 is 0 Å². The monoisotopic (exact) mass is 514 g/mol. The SMILES string of the molecule is CCCCCCC(O)C(=O)O.O=C([O-])C=Cc1c[nH]cn1.O=C([O-])C=Cc1c[nH]cn1.[Se+2]. The molecule has 2 heterocycles. The maximum atomic E-state index is 10.1. The van der Waals surface area contributed by atoms with Crippen LogP contribution in [0.25, 0.3) is 12.2 Å². The summed E-state index contributed by atoms with van der Waals surface area (Å²) >= 11 is 0. The molecule has 11 nitrogen and oxygen atoms in total. The molecule has 0 aliphatic carbocycles. The van der Waals surface area contributed by atoms with E-state index in [0.29, 0.717) is 17.8 Å². The van der Waals surface area contributed by atoms with Gasteiger partial charge in [0.15, 0.2) is 6.10 Å². The number of unbranched alkanes of at least 4 members (excludes halogenated alkanes) is 3. The molecule has 0 saturated heterocycles. The molecule has 174 valence electrons. The number of aliphatic hydroxyl groups is 1. The Labute approximate surface area is 195 Å². The number of imidazole rings is 2. The number of hydrogen-bond donors (Lipinski definition) is 4. The Morgan fingerprint density at radius 2 is 1.44 bits per heavy atom. The number of carbonyl (C=O) groups excluding carboxylic acids is 2. The third kappa shape index (κ3) is 18.8. The van der Waals surface area contributed by atoms with Crippen LogP contribution in [0.2, 0.25) is 0 Å². The smallest absolute Gasteiger partial charge is 0.545 e. The van der Waals surface area contributed by atoms with Crippen LogP contribution in [0, 0.1) is 0 Å². The minimum atomic E-state index is -1.22. The predicted octanol–water partition coefficient (Wildman–Crippen LogP) is -0.633. The Balaban J connectivity index is 0. The summed E-state index contributed by atoms with van der Waals surface area (Å²) in [5.41, 5.74) is 1.15. The van der Waals surface area contributed by atoms with Gasteiger partial charge in [0.1, 0.15) is 0 Å². The quantitative estimate of drug-likeness (QED) is 0.182. The normalized spacial score (nSPS) is 10.9. The average Bonchev–Trinajstić information content (AvgIpc) is 3.43. The minimum absolute atomic E-state index is 0. The fourth-order valence-corrected chi connectivity index (χ4v) is 1.92. The van der Waals surface area contributed by atoms with Crippen molar-refractivity contribution in [1.29, 1.82) is 0 Å². The van der Waals surface area contributed by atoms with Crippen LogP contribution in [0.3, 0.4) is 0 Å². The summed E-state index contributed by atoms with van der Waals surface area (Å²) in [6.45, 7) is 2.09. The fraction of sp³-hybridized carbons (Fsp3) is 0.350. The molecule has 0 bridgehead atoms. The molecule has 32 heavy (non-hydrogen) atoms. The van der Waals surface area contributed by atoms with Gasteiger partial charge >= 0.3 is 23.0 Å². The first-order chi connectivity index (χ1) is 14.8. The molecule has 0 amide bonds. The number of carboxylic acids is 3. The van der Waals surface area contributed by atoms with E-state index in [0.717, 1.165) is 37.8 Å². The van der Waals surface area contributed by atoms with E-state index in [4.69, 9.17) is 10.2 Å². The fourth-order valence-electron chi connectivity index (χ4n) is 1.92. The maximum absolute atomic E-state index is 10.1. The van der Waals surface area contributed by atoms with Gasteiger partial charge in [-0.2, -0.15) is 0 Å². The van der Waals surface area contributed by atoms with E-state index in [-0.39, 0.29) is 17.1 Å². The molecule has 0 aliphatic rings. The Bertz CT molecular complexity index is 752. The maximum Gasteiger partial charge on any atom is 2.00 e. The van der Waals surface area contributed by atoms with E-state index < -0.39 is 24.0 Å². The molecule has 0 saturated carbocycles. The van der Waals surface area contributed by atoms with E-state index in [9.17, 15) is 24.6 Å². The number of carbonyl (C=O) groups is 3. The first-order valence-electron chi connectivity index (χ1n) is 9.42. The topological polar surface area (TPSA) is 195 Å². The summed E-state index contributed by atoms with van der Waals surface area (Å²) in [7, 11) is 0. The van der Waals surface area contributed by atoms with Crippen LogP contribution in [0.1, 0.15) is 50.4 Å². The zero-order chi connectivity index (χ0) is 23.5. The van der Waals surface area contributed by atoms with Gasteiger partial charge in [-0.15, -0.1) is 0 Å². The number of aromatic amines is 2. The Morgan fingerprint density at radius 3 is 1.75 bits per heavy atom. The van der Waals surface area contributed by atoms with Crippen molar-refractivity contribution in [3.63, 3.8) is 0 Å². The van der Waals surface area contributed by atoms with E-state index in [1.165, 1.54) is 24.8 Å². The van der Waals surface area contributed by atoms with Gasteiger partial charge in [0.2, 0.25) is 0 Å². The predicted molar refractivity (Wildman–Crippen MR) is 113 cm³/mol. The summed E-state index contributed by atoms with van der Waals surface area (Å²) in [6, 6.07) is 0. The van der Waals surface area contributed by atoms with Crippen molar-refractivity contribution in [3.8, 4) is 0 Å². The van der Waals surface area contributed by atoms with Gasteiger partial charge in [-0.1, -0.05) is 32.6 Å². The summed E-state index contributed by atoms with van der Waals surface area (Å²) < 4.78 is 0. The Hall–Kier alpha value is -3.21. The molecule has 0 spiro atoms. The van der Waals surface area contributed by atoms with Crippen molar-refractivity contribution in [2.75, 3.05) is 0 Å². The number of carboxylic acid groups (broad SMARTS) is 3. The molecule has 2 aromatic rings. The van der Waals surface area contributed by atoms with Gasteiger partial charge in [-0.05, 0) is 30.7 Å². The van der Waals surface area contributed by atoms with Crippen molar-refractivity contribution in [2.24, 2.45) is 0 Å². The molecule has 1 unspecified atom stereocenters. The number of H-pyrrole nitrogens is 2. The second-order valence-electron chi connectivity index (χ2n) is 6.00. The van der Waals surface area contributed by atoms with Crippen LogP contribution in [0.15, 0.2) is 37.2 Å². The van der Waals surface area contributed by atoms with E-state index in [2.05, 4.69) is 26.9 Å². The summed E-state index contributed by atoms with van der Waals surface area (Å²) in [4.78, 5) is 42.7. The van der Waals surface area contributed by atoms with Crippen molar-refractivity contribution >= 4 is 47.1 Å². The van der Waals surface area contributed by atoms with Gasteiger partial charge in [0.25, 0.3) is 0 Å². The van der Waals surface area contributed by atoms with Gasteiger partial charge in [0.05, 0.1) is 36.0 Å². The number of rotatable bonds is 10. The zero-order valence-corrected chi connectivity index (χ0v) is 19.2. The number of aliphatic carboxylic acids is 3. The van der Waals surface area contributed by atoms with Gasteiger partial charge in [-0.3, -0.25) is 0 Å². The number of aromatic nitrogens is 4. The largest absolute Gasteiger partial charge is 2.00 e. The molecule has 0 fully saturated rings. The van der Waals surface area contributed by atoms with E-state index >= 15 is 0 Å². The van der Waals surface area contributed by atoms with Crippen LogP contribution in [-0.4, -0.2) is 71.2 Å². The third-order valence-electron chi connectivity index (χ3n) is 3.44. The Kier molecular flexibility index (Phi) is 19.1. The first-order valence-corrected chi connectivity index (χ1v) is 9.42. The molecule has 1 atom stereocenters. The summed E-state index contributed by atoms with van der Waals surface area (Å²) in [5, 5.41) is 36.8. The van der Waals surface area contributed by atoms with Gasteiger partial charge < -0.3 is 40.0 Å².